The van der Waals surface area contributed by atoms with E-state index in [1.54, 1.807) is 29.5 Å². The molecule has 0 radical (unpaired) electrons. The molecule has 5 rings (SSSR count). The highest BCUT2D eigenvalue weighted by atomic mass is 16.1. The minimum atomic E-state index is -0.211. The lowest BCUT2D eigenvalue weighted by Gasteiger charge is -2.33. The highest BCUT2D eigenvalue weighted by Crippen LogP contribution is 2.21. The highest BCUT2D eigenvalue weighted by molar-refractivity contribution is 6.04. The number of amides is 1. The first-order chi connectivity index (χ1) is 15.2. The number of hydrogen-bond donors (Lipinski definition) is 1. The molecule has 156 valence electrons. The molecular formula is C22H22N8O. The van der Waals surface area contributed by atoms with Crippen LogP contribution >= 0.6 is 0 Å². The number of anilines is 2. The fraction of sp³-hybridized carbons (Fsp3) is 0.227. The van der Waals surface area contributed by atoms with Gasteiger partial charge in [0.05, 0.1) is 5.69 Å². The van der Waals surface area contributed by atoms with Crippen molar-refractivity contribution in [3.05, 3.63) is 67.0 Å². The van der Waals surface area contributed by atoms with E-state index in [2.05, 4.69) is 42.2 Å². The zero-order valence-corrected chi connectivity index (χ0v) is 17.1. The van der Waals surface area contributed by atoms with Gasteiger partial charge in [-0.05, 0) is 42.8 Å². The summed E-state index contributed by atoms with van der Waals surface area (Å²) >= 11 is 0. The second-order valence-electron chi connectivity index (χ2n) is 7.59. The Morgan fingerprint density at radius 3 is 2.68 bits per heavy atom. The van der Waals surface area contributed by atoms with Crippen LogP contribution in [-0.2, 0) is 0 Å². The van der Waals surface area contributed by atoms with Crippen LogP contribution in [0.1, 0.15) is 10.4 Å². The number of fused-ring (bicyclic) bond motifs is 1. The molecule has 1 amide bonds. The Bertz CT molecular complexity index is 1220. The third-order valence-electron chi connectivity index (χ3n) is 5.47. The number of likely N-dealkylation sites (N-methyl/N-ethyl adjacent to an activating group) is 1. The number of aromatic nitrogens is 5. The van der Waals surface area contributed by atoms with Gasteiger partial charge >= 0.3 is 0 Å². The Morgan fingerprint density at radius 2 is 1.87 bits per heavy atom. The summed E-state index contributed by atoms with van der Waals surface area (Å²) in [5.74, 6) is 1.10. The molecule has 0 spiro atoms. The molecule has 0 saturated carbocycles. The summed E-state index contributed by atoms with van der Waals surface area (Å²) in [4.78, 5) is 30.2. The van der Waals surface area contributed by atoms with Gasteiger partial charge in [0, 0.05) is 49.5 Å². The minimum absolute atomic E-state index is 0.211. The average Bonchev–Trinajstić information content (AvgIpc) is 3.34. The van der Waals surface area contributed by atoms with Gasteiger partial charge in [-0.1, -0.05) is 6.07 Å². The van der Waals surface area contributed by atoms with Crippen molar-refractivity contribution in [1.29, 1.82) is 0 Å². The maximum Gasteiger partial charge on any atom is 0.257 e. The zero-order chi connectivity index (χ0) is 21.2. The quantitative estimate of drug-likeness (QED) is 0.547. The monoisotopic (exact) mass is 414 g/mol. The smallest absolute Gasteiger partial charge is 0.257 e. The molecule has 1 N–H and O–H groups in total. The number of piperazine rings is 1. The molecule has 0 bridgehead atoms. The second kappa shape index (κ2) is 8.11. The SMILES string of the molecule is CN1CCN(c2cc(C(=O)Nc3cc4cc(-n5cncn5)ccc4cn3)ccn2)CC1. The topological polar surface area (TPSA) is 92.1 Å². The lowest BCUT2D eigenvalue weighted by molar-refractivity contribution is 0.102. The molecule has 1 aliphatic rings. The number of nitrogens with one attached hydrogen (secondary N) is 1. The predicted octanol–water partition coefficient (Wildman–Crippen LogP) is 2.21. The maximum atomic E-state index is 12.9. The second-order valence-corrected chi connectivity index (χ2v) is 7.59. The first-order valence-corrected chi connectivity index (χ1v) is 10.1. The first-order valence-electron chi connectivity index (χ1n) is 10.1. The Kier molecular flexibility index (Phi) is 5.01. The summed E-state index contributed by atoms with van der Waals surface area (Å²) in [6.07, 6.45) is 6.57. The van der Waals surface area contributed by atoms with E-state index in [-0.39, 0.29) is 5.91 Å². The van der Waals surface area contributed by atoms with Crippen LogP contribution in [0.3, 0.4) is 0 Å². The Labute approximate surface area is 179 Å². The van der Waals surface area contributed by atoms with Crippen LogP contribution in [0, 0.1) is 0 Å². The number of pyridine rings is 2. The largest absolute Gasteiger partial charge is 0.354 e. The molecule has 0 unspecified atom stereocenters. The molecule has 3 aromatic heterocycles. The molecular weight excluding hydrogens is 392 g/mol. The molecule has 1 fully saturated rings. The number of rotatable bonds is 4. The number of carbonyl (C=O) groups is 1. The molecule has 1 aliphatic heterocycles. The van der Waals surface area contributed by atoms with Gasteiger partial charge in [0.1, 0.15) is 24.3 Å². The minimum Gasteiger partial charge on any atom is -0.354 e. The lowest BCUT2D eigenvalue weighted by atomic mass is 10.1. The molecule has 0 aliphatic carbocycles. The Balaban J connectivity index is 1.35. The van der Waals surface area contributed by atoms with Gasteiger partial charge in [-0.2, -0.15) is 5.10 Å². The van der Waals surface area contributed by atoms with Crippen molar-refractivity contribution >= 4 is 28.3 Å². The lowest BCUT2D eigenvalue weighted by Crippen LogP contribution is -2.44. The summed E-state index contributed by atoms with van der Waals surface area (Å²) in [7, 11) is 2.11. The van der Waals surface area contributed by atoms with Crippen molar-refractivity contribution in [2.75, 3.05) is 43.4 Å². The molecule has 4 heterocycles. The van der Waals surface area contributed by atoms with Crippen LogP contribution in [-0.4, -0.2) is 68.8 Å². The van der Waals surface area contributed by atoms with Gasteiger partial charge in [0.15, 0.2) is 0 Å². The van der Waals surface area contributed by atoms with Crippen LogP contribution in [0.5, 0.6) is 0 Å². The van der Waals surface area contributed by atoms with Crippen LogP contribution in [0.15, 0.2) is 61.4 Å². The van der Waals surface area contributed by atoms with E-state index in [0.717, 1.165) is 48.5 Å². The van der Waals surface area contributed by atoms with E-state index in [4.69, 9.17) is 0 Å². The van der Waals surface area contributed by atoms with Gasteiger partial charge < -0.3 is 15.1 Å². The van der Waals surface area contributed by atoms with Gasteiger partial charge in [-0.15, -0.1) is 0 Å². The number of benzene rings is 1. The summed E-state index contributed by atoms with van der Waals surface area (Å²) in [5.41, 5.74) is 1.45. The van der Waals surface area contributed by atoms with E-state index in [1.807, 2.05) is 30.3 Å². The molecule has 4 aromatic rings. The summed E-state index contributed by atoms with van der Waals surface area (Å²) in [6.45, 7) is 3.76. The van der Waals surface area contributed by atoms with E-state index in [9.17, 15) is 4.79 Å². The van der Waals surface area contributed by atoms with Crippen LogP contribution in [0.2, 0.25) is 0 Å². The van der Waals surface area contributed by atoms with E-state index < -0.39 is 0 Å². The Morgan fingerprint density at radius 1 is 1.00 bits per heavy atom. The maximum absolute atomic E-state index is 12.9. The fourth-order valence-corrected chi connectivity index (χ4v) is 3.64. The molecule has 0 atom stereocenters. The Hall–Kier alpha value is -3.85. The van der Waals surface area contributed by atoms with Gasteiger partial charge in [-0.3, -0.25) is 4.79 Å². The van der Waals surface area contributed by atoms with Gasteiger partial charge in [-0.25, -0.2) is 19.6 Å². The fourth-order valence-electron chi connectivity index (χ4n) is 3.64. The normalized spacial score (nSPS) is 14.7. The van der Waals surface area contributed by atoms with Gasteiger partial charge in [0.2, 0.25) is 0 Å². The zero-order valence-electron chi connectivity index (χ0n) is 17.1. The van der Waals surface area contributed by atoms with Crippen LogP contribution in [0.4, 0.5) is 11.6 Å². The molecule has 9 nitrogen and oxygen atoms in total. The number of nitrogens with zero attached hydrogens (tertiary/aromatic N) is 7. The molecule has 31 heavy (non-hydrogen) atoms. The summed E-state index contributed by atoms with van der Waals surface area (Å²) in [5, 5.41) is 8.99. The summed E-state index contributed by atoms with van der Waals surface area (Å²) in [6, 6.07) is 11.3. The van der Waals surface area contributed by atoms with Crippen LogP contribution in [0.25, 0.3) is 16.5 Å². The van der Waals surface area contributed by atoms with Crippen molar-refractivity contribution in [3.63, 3.8) is 0 Å². The molecule has 1 saturated heterocycles. The molecule has 1 aromatic carbocycles. The van der Waals surface area contributed by atoms with Crippen molar-refractivity contribution in [3.8, 4) is 5.69 Å². The van der Waals surface area contributed by atoms with Crippen molar-refractivity contribution in [2.45, 2.75) is 0 Å². The summed E-state index contributed by atoms with van der Waals surface area (Å²) < 4.78 is 1.69. The predicted molar refractivity (Wildman–Crippen MR) is 119 cm³/mol. The van der Waals surface area contributed by atoms with E-state index >= 15 is 0 Å². The highest BCUT2D eigenvalue weighted by Gasteiger charge is 2.17. The number of hydrogen-bond acceptors (Lipinski definition) is 7. The van der Waals surface area contributed by atoms with E-state index in [1.165, 1.54) is 6.33 Å². The van der Waals surface area contributed by atoms with Gasteiger partial charge in [0.25, 0.3) is 5.91 Å². The average molecular weight is 414 g/mol. The third-order valence-corrected chi connectivity index (χ3v) is 5.47. The van der Waals surface area contributed by atoms with Crippen molar-refractivity contribution in [2.24, 2.45) is 0 Å². The third kappa shape index (κ3) is 4.08. The van der Waals surface area contributed by atoms with Crippen molar-refractivity contribution in [1.82, 2.24) is 29.6 Å². The first kappa shape index (κ1) is 19.1. The van der Waals surface area contributed by atoms with Crippen LogP contribution < -0.4 is 10.2 Å². The van der Waals surface area contributed by atoms with E-state index in [0.29, 0.717) is 11.4 Å². The standard InChI is InChI=1S/C22H22N8O/c1-28-6-8-29(9-7-28)21-12-16(4-5-24-21)22(31)27-20-11-18-10-19(30-15-23-14-26-30)3-2-17(18)13-25-20/h2-5,10-15H,6-9H2,1H3,(H,25,27,31). The molecule has 9 heteroatoms. The number of carbonyl (C=O) groups excluding carboxylic acids is 1. The van der Waals surface area contributed by atoms with Crippen molar-refractivity contribution < 1.29 is 4.79 Å².